The third-order valence-electron chi connectivity index (χ3n) is 3.00. The molecule has 0 bridgehead atoms. The van der Waals surface area contributed by atoms with Crippen LogP contribution in [0.2, 0.25) is 0 Å². The predicted octanol–water partition coefficient (Wildman–Crippen LogP) is 2.64. The monoisotopic (exact) mass is 199 g/mol. The van der Waals surface area contributed by atoms with Gasteiger partial charge in [0.15, 0.2) is 0 Å². The summed E-state index contributed by atoms with van der Waals surface area (Å²) in [5, 5.41) is 3.60. The van der Waals surface area contributed by atoms with E-state index in [2.05, 4.69) is 46.9 Å². The molecule has 0 aromatic heterocycles. The van der Waals surface area contributed by atoms with E-state index in [4.69, 9.17) is 4.74 Å². The van der Waals surface area contributed by atoms with Crippen molar-refractivity contribution in [2.24, 2.45) is 17.8 Å². The molecule has 3 unspecified atom stereocenters. The lowest BCUT2D eigenvalue weighted by Crippen LogP contribution is -2.40. The lowest BCUT2D eigenvalue weighted by molar-refractivity contribution is -0.0119. The second kappa shape index (κ2) is 4.63. The largest absolute Gasteiger partial charge is 0.358 e. The van der Waals surface area contributed by atoms with Crippen LogP contribution in [0.3, 0.4) is 0 Å². The predicted molar refractivity (Wildman–Crippen MR) is 60.1 cm³/mol. The highest BCUT2D eigenvalue weighted by molar-refractivity contribution is 4.90. The molecule has 0 aromatic carbocycles. The van der Waals surface area contributed by atoms with E-state index in [1.165, 1.54) is 0 Å². The Morgan fingerprint density at radius 3 is 1.71 bits per heavy atom. The van der Waals surface area contributed by atoms with E-state index in [0.29, 0.717) is 29.9 Å². The van der Waals surface area contributed by atoms with Crippen molar-refractivity contribution in [1.82, 2.24) is 5.32 Å². The summed E-state index contributed by atoms with van der Waals surface area (Å²) in [5.41, 5.74) is 0. The van der Waals surface area contributed by atoms with Gasteiger partial charge in [-0.3, -0.25) is 5.32 Å². The second-order valence-electron chi connectivity index (χ2n) is 5.45. The highest BCUT2D eigenvalue weighted by Gasteiger charge is 2.38. The molecule has 14 heavy (non-hydrogen) atoms. The molecule has 2 heteroatoms. The van der Waals surface area contributed by atoms with Crippen LogP contribution in [0.1, 0.15) is 41.5 Å². The topological polar surface area (TPSA) is 21.3 Å². The van der Waals surface area contributed by atoms with Gasteiger partial charge in [-0.05, 0) is 17.8 Å². The molecule has 1 rings (SSSR count). The number of ether oxygens (including phenoxy) is 1. The van der Waals surface area contributed by atoms with Gasteiger partial charge in [0.1, 0.15) is 6.23 Å². The molecule has 1 heterocycles. The molecule has 1 aliphatic rings. The van der Waals surface area contributed by atoms with Crippen LogP contribution >= 0.6 is 0 Å². The van der Waals surface area contributed by atoms with Gasteiger partial charge in [0, 0.05) is 6.04 Å². The molecule has 0 spiro atoms. The van der Waals surface area contributed by atoms with Gasteiger partial charge in [-0.2, -0.15) is 0 Å². The normalized spacial score (nSPS) is 33.6. The quantitative estimate of drug-likeness (QED) is 0.754. The third kappa shape index (κ3) is 2.48. The van der Waals surface area contributed by atoms with E-state index >= 15 is 0 Å². The molecule has 3 atom stereocenters. The van der Waals surface area contributed by atoms with Crippen molar-refractivity contribution in [2.45, 2.75) is 59.9 Å². The van der Waals surface area contributed by atoms with Crippen LogP contribution in [0.5, 0.6) is 0 Å². The van der Waals surface area contributed by atoms with Crippen LogP contribution in [0.25, 0.3) is 0 Å². The van der Waals surface area contributed by atoms with Crippen molar-refractivity contribution in [3.63, 3.8) is 0 Å². The Kier molecular flexibility index (Phi) is 3.96. The standard InChI is InChI=1S/C12H25NO/c1-7(2)10-11(8(3)4)14-12(13-10)9(5)6/h7-13H,1-6H3. The molecule has 84 valence electrons. The molecule has 0 saturated carbocycles. The van der Waals surface area contributed by atoms with E-state index in [9.17, 15) is 0 Å². The fourth-order valence-corrected chi connectivity index (χ4v) is 2.07. The zero-order chi connectivity index (χ0) is 10.9. The zero-order valence-electron chi connectivity index (χ0n) is 10.4. The second-order valence-corrected chi connectivity index (χ2v) is 5.45. The SMILES string of the molecule is CC(C)C1NC(C(C)C)C(C(C)C)O1. The summed E-state index contributed by atoms with van der Waals surface area (Å²) in [6.45, 7) is 13.4. The lowest BCUT2D eigenvalue weighted by Gasteiger charge is -2.24. The van der Waals surface area contributed by atoms with Crippen molar-refractivity contribution in [2.75, 3.05) is 0 Å². The van der Waals surface area contributed by atoms with E-state index in [1.807, 2.05) is 0 Å². The Hall–Kier alpha value is -0.0800. The van der Waals surface area contributed by atoms with Crippen molar-refractivity contribution in [1.29, 1.82) is 0 Å². The summed E-state index contributed by atoms with van der Waals surface area (Å²) in [6, 6.07) is 0.516. The van der Waals surface area contributed by atoms with Gasteiger partial charge >= 0.3 is 0 Å². The highest BCUT2D eigenvalue weighted by atomic mass is 16.5. The van der Waals surface area contributed by atoms with Gasteiger partial charge in [-0.15, -0.1) is 0 Å². The molecule has 1 N–H and O–H groups in total. The Morgan fingerprint density at radius 1 is 0.857 bits per heavy atom. The number of hydrogen-bond acceptors (Lipinski definition) is 2. The molecule has 0 aromatic rings. The molecule has 2 nitrogen and oxygen atoms in total. The Labute approximate surface area is 88.4 Å². The highest BCUT2D eigenvalue weighted by Crippen LogP contribution is 2.27. The minimum absolute atomic E-state index is 0.245. The van der Waals surface area contributed by atoms with Crippen LogP contribution in [0.4, 0.5) is 0 Å². The van der Waals surface area contributed by atoms with E-state index in [1.54, 1.807) is 0 Å². The molecule has 0 radical (unpaired) electrons. The van der Waals surface area contributed by atoms with Crippen molar-refractivity contribution >= 4 is 0 Å². The number of nitrogens with one attached hydrogen (secondary N) is 1. The van der Waals surface area contributed by atoms with Crippen LogP contribution in [-0.2, 0) is 4.74 Å². The summed E-state index contributed by atoms with van der Waals surface area (Å²) in [5.74, 6) is 1.80. The van der Waals surface area contributed by atoms with Crippen LogP contribution in [0, 0.1) is 17.8 Å². The first-order chi connectivity index (χ1) is 6.43. The van der Waals surface area contributed by atoms with Gasteiger partial charge in [-0.25, -0.2) is 0 Å². The van der Waals surface area contributed by atoms with Crippen LogP contribution < -0.4 is 5.32 Å². The van der Waals surface area contributed by atoms with Crippen molar-refractivity contribution < 1.29 is 4.74 Å². The summed E-state index contributed by atoms with van der Waals surface area (Å²) >= 11 is 0. The van der Waals surface area contributed by atoms with Gasteiger partial charge < -0.3 is 4.74 Å². The fourth-order valence-electron chi connectivity index (χ4n) is 2.07. The maximum atomic E-state index is 6.05. The molecular formula is C12H25NO. The fraction of sp³-hybridized carbons (Fsp3) is 1.00. The minimum atomic E-state index is 0.245. The molecular weight excluding hydrogens is 174 g/mol. The van der Waals surface area contributed by atoms with E-state index < -0.39 is 0 Å². The first-order valence-electron chi connectivity index (χ1n) is 5.85. The lowest BCUT2D eigenvalue weighted by atomic mass is 9.92. The maximum absolute atomic E-state index is 6.05. The molecule has 0 amide bonds. The van der Waals surface area contributed by atoms with Crippen LogP contribution in [-0.4, -0.2) is 18.4 Å². The number of hydrogen-bond donors (Lipinski definition) is 1. The molecule has 1 saturated heterocycles. The van der Waals surface area contributed by atoms with Gasteiger partial charge in [0.25, 0.3) is 0 Å². The summed E-state index contributed by atoms with van der Waals surface area (Å²) in [4.78, 5) is 0. The number of rotatable bonds is 3. The smallest absolute Gasteiger partial charge is 0.111 e. The Bertz CT molecular complexity index is 161. The van der Waals surface area contributed by atoms with Crippen molar-refractivity contribution in [3.05, 3.63) is 0 Å². The Balaban J connectivity index is 2.65. The molecule has 1 aliphatic heterocycles. The van der Waals surface area contributed by atoms with Crippen LogP contribution in [0.15, 0.2) is 0 Å². The van der Waals surface area contributed by atoms with E-state index in [-0.39, 0.29) is 6.23 Å². The first kappa shape index (κ1) is 12.0. The first-order valence-corrected chi connectivity index (χ1v) is 5.85. The van der Waals surface area contributed by atoms with E-state index in [0.717, 1.165) is 0 Å². The molecule has 1 fully saturated rings. The zero-order valence-corrected chi connectivity index (χ0v) is 10.4. The average molecular weight is 199 g/mol. The van der Waals surface area contributed by atoms with Gasteiger partial charge in [0.2, 0.25) is 0 Å². The summed E-state index contributed by atoms with van der Waals surface area (Å²) in [6.07, 6.45) is 0.622. The van der Waals surface area contributed by atoms with Crippen molar-refractivity contribution in [3.8, 4) is 0 Å². The summed E-state index contributed by atoms with van der Waals surface area (Å²) < 4.78 is 6.05. The molecule has 0 aliphatic carbocycles. The summed E-state index contributed by atoms with van der Waals surface area (Å²) in [7, 11) is 0. The van der Waals surface area contributed by atoms with Gasteiger partial charge in [-0.1, -0.05) is 41.5 Å². The maximum Gasteiger partial charge on any atom is 0.111 e. The minimum Gasteiger partial charge on any atom is -0.358 e. The third-order valence-corrected chi connectivity index (χ3v) is 3.00. The average Bonchev–Trinajstić information content (AvgIpc) is 2.47. The Morgan fingerprint density at radius 2 is 1.43 bits per heavy atom. The van der Waals surface area contributed by atoms with Gasteiger partial charge in [0.05, 0.1) is 6.10 Å².